The lowest BCUT2D eigenvalue weighted by atomic mass is 9.86. The zero-order valence-corrected chi connectivity index (χ0v) is 14.3. The number of amides is 2. The summed E-state index contributed by atoms with van der Waals surface area (Å²) in [4.78, 5) is 28.9. The molecule has 23 heavy (non-hydrogen) atoms. The first kappa shape index (κ1) is 16.7. The van der Waals surface area contributed by atoms with E-state index in [1.165, 1.54) is 32.1 Å². The third kappa shape index (κ3) is 4.46. The maximum atomic E-state index is 12.5. The molecule has 1 aliphatic carbocycles. The minimum Gasteiger partial charge on any atom is -0.339 e. The number of hydrogen-bond donors (Lipinski definition) is 1. The van der Waals surface area contributed by atoms with E-state index < -0.39 is 0 Å². The molecule has 0 aromatic carbocycles. The summed E-state index contributed by atoms with van der Waals surface area (Å²) in [5.74, 6) is 1.34. The van der Waals surface area contributed by atoms with Crippen molar-refractivity contribution in [2.45, 2.75) is 51.4 Å². The van der Waals surface area contributed by atoms with Crippen molar-refractivity contribution in [3.05, 3.63) is 0 Å². The Kier molecular flexibility index (Phi) is 5.92. The Morgan fingerprint density at radius 3 is 2.22 bits per heavy atom. The van der Waals surface area contributed by atoms with Crippen LogP contribution in [0.1, 0.15) is 51.4 Å². The zero-order chi connectivity index (χ0) is 16.1. The summed E-state index contributed by atoms with van der Waals surface area (Å²) < 4.78 is 0. The van der Waals surface area contributed by atoms with E-state index >= 15 is 0 Å². The maximum absolute atomic E-state index is 12.5. The quantitative estimate of drug-likeness (QED) is 0.859. The first-order valence-corrected chi connectivity index (χ1v) is 9.51. The summed E-state index contributed by atoms with van der Waals surface area (Å²) in [5.41, 5.74) is 0. The van der Waals surface area contributed by atoms with Gasteiger partial charge in [0.05, 0.1) is 5.92 Å². The minimum absolute atomic E-state index is 0.147. The summed E-state index contributed by atoms with van der Waals surface area (Å²) in [7, 11) is 0. The monoisotopic (exact) mass is 321 g/mol. The lowest BCUT2D eigenvalue weighted by Gasteiger charge is -2.37. The summed E-state index contributed by atoms with van der Waals surface area (Å²) >= 11 is 0. The van der Waals surface area contributed by atoms with Crippen LogP contribution >= 0.6 is 0 Å². The molecule has 3 aliphatic rings. The van der Waals surface area contributed by atoms with Crippen LogP contribution in [0.15, 0.2) is 0 Å². The second-order valence-corrected chi connectivity index (χ2v) is 7.46. The fraction of sp³-hybridized carbons (Fsp3) is 0.889. The van der Waals surface area contributed by atoms with Crippen LogP contribution in [0.5, 0.6) is 0 Å². The Balaban J connectivity index is 1.42. The second kappa shape index (κ2) is 8.13. The van der Waals surface area contributed by atoms with Crippen molar-refractivity contribution in [1.29, 1.82) is 0 Å². The van der Waals surface area contributed by atoms with E-state index in [2.05, 4.69) is 5.32 Å². The highest BCUT2D eigenvalue weighted by molar-refractivity contribution is 5.80. The molecule has 1 saturated carbocycles. The van der Waals surface area contributed by atoms with Crippen LogP contribution < -0.4 is 5.32 Å². The molecule has 5 nitrogen and oxygen atoms in total. The SMILES string of the molecule is O=C(CC1CCCCC1)N1CCN(C(=O)C2CCCNC2)CC1. The van der Waals surface area contributed by atoms with Gasteiger partial charge in [-0.1, -0.05) is 19.3 Å². The second-order valence-electron chi connectivity index (χ2n) is 7.46. The van der Waals surface area contributed by atoms with Crippen LogP contribution in [-0.2, 0) is 9.59 Å². The topological polar surface area (TPSA) is 52.7 Å². The standard InChI is InChI=1S/C18H31N3O2/c22-17(13-15-5-2-1-3-6-15)20-9-11-21(12-10-20)18(23)16-7-4-8-19-14-16/h15-16,19H,1-14H2. The third-order valence-electron chi connectivity index (χ3n) is 5.78. The van der Waals surface area contributed by atoms with Crippen LogP contribution in [0.4, 0.5) is 0 Å². The molecule has 1 unspecified atom stereocenters. The highest BCUT2D eigenvalue weighted by Crippen LogP contribution is 2.27. The molecule has 0 radical (unpaired) electrons. The van der Waals surface area contributed by atoms with Gasteiger partial charge in [0, 0.05) is 39.1 Å². The van der Waals surface area contributed by atoms with Gasteiger partial charge in [-0.05, 0) is 38.1 Å². The number of piperazine rings is 1. The summed E-state index contributed by atoms with van der Waals surface area (Å²) in [6.45, 7) is 4.72. The van der Waals surface area contributed by atoms with Crippen LogP contribution in [0.25, 0.3) is 0 Å². The number of rotatable bonds is 3. The van der Waals surface area contributed by atoms with Crippen molar-refractivity contribution >= 4 is 11.8 Å². The molecule has 2 aliphatic heterocycles. The molecule has 3 fully saturated rings. The van der Waals surface area contributed by atoms with Crippen molar-refractivity contribution < 1.29 is 9.59 Å². The van der Waals surface area contributed by atoms with Gasteiger partial charge in [0.25, 0.3) is 0 Å². The normalized spacial score (nSPS) is 27.0. The third-order valence-corrected chi connectivity index (χ3v) is 5.78. The molecule has 0 spiro atoms. The fourth-order valence-electron chi connectivity index (χ4n) is 4.26. The molecule has 3 rings (SSSR count). The predicted octanol–water partition coefficient (Wildman–Crippen LogP) is 1.63. The molecule has 2 saturated heterocycles. The van der Waals surface area contributed by atoms with Gasteiger partial charge in [-0.25, -0.2) is 0 Å². The number of nitrogens with one attached hydrogen (secondary N) is 1. The first-order chi connectivity index (χ1) is 11.2. The molecule has 0 aromatic rings. The molecule has 1 atom stereocenters. The van der Waals surface area contributed by atoms with E-state index in [1.807, 2.05) is 9.80 Å². The Hall–Kier alpha value is -1.10. The summed E-state index contributed by atoms with van der Waals surface area (Å²) in [5, 5.41) is 3.32. The van der Waals surface area contributed by atoms with Gasteiger partial charge >= 0.3 is 0 Å². The largest absolute Gasteiger partial charge is 0.339 e. The van der Waals surface area contributed by atoms with Gasteiger partial charge in [-0.2, -0.15) is 0 Å². The average Bonchev–Trinajstić information content (AvgIpc) is 2.63. The Bertz CT molecular complexity index is 406. The van der Waals surface area contributed by atoms with Gasteiger partial charge in [0.2, 0.25) is 11.8 Å². The van der Waals surface area contributed by atoms with Gasteiger partial charge < -0.3 is 15.1 Å². The van der Waals surface area contributed by atoms with Crippen molar-refractivity contribution in [2.75, 3.05) is 39.3 Å². The van der Waals surface area contributed by atoms with Crippen molar-refractivity contribution in [2.24, 2.45) is 11.8 Å². The van der Waals surface area contributed by atoms with Crippen molar-refractivity contribution in [3.8, 4) is 0 Å². The first-order valence-electron chi connectivity index (χ1n) is 9.51. The van der Waals surface area contributed by atoms with E-state index in [4.69, 9.17) is 0 Å². The molecule has 2 amide bonds. The van der Waals surface area contributed by atoms with E-state index in [-0.39, 0.29) is 11.8 Å². The molecule has 2 heterocycles. The van der Waals surface area contributed by atoms with E-state index in [0.29, 0.717) is 24.9 Å². The lowest BCUT2D eigenvalue weighted by Crippen LogP contribution is -2.53. The summed E-state index contributed by atoms with van der Waals surface area (Å²) in [6.07, 6.45) is 9.17. The highest BCUT2D eigenvalue weighted by atomic mass is 16.2. The molecule has 0 bridgehead atoms. The van der Waals surface area contributed by atoms with Crippen molar-refractivity contribution in [1.82, 2.24) is 15.1 Å². The average molecular weight is 321 g/mol. The smallest absolute Gasteiger partial charge is 0.227 e. The molecule has 0 aromatic heterocycles. The molecule has 130 valence electrons. The number of carbonyl (C=O) groups excluding carboxylic acids is 2. The Morgan fingerprint density at radius 1 is 0.870 bits per heavy atom. The van der Waals surface area contributed by atoms with Gasteiger partial charge in [-0.3, -0.25) is 9.59 Å². The van der Waals surface area contributed by atoms with Gasteiger partial charge in [-0.15, -0.1) is 0 Å². The Morgan fingerprint density at radius 2 is 1.57 bits per heavy atom. The van der Waals surface area contributed by atoms with Gasteiger partial charge in [0.1, 0.15) is 0 Å². The number of nitrogens with zero attached hydrogens (tertiary/aromatic N) is 2. The van der Waals surface area contributed by atoms with Crippen LogP contribution in [0.2, 0.25) is 0 Å². The lowest BCUT2D eigenvalue weighted by molar-refractivity contribution is -0.143. The highest BCUT2D eigenvalue weighted by Gasteiger charge is 2.30. The van der Waals surface area contributed by atoms with Crippen LogP contribution in [0.3, 0.4) is 0 Å². The van der Waals surface area contributed by atoms with Crippen molar-refractivity contribution in [3.63, 3.8) is 0 Å². The molecule has 5 heteroatoms. The van der Waals surface area contributed by atoms with Crippen LogP contribution in [0, 0.1) is 11.8 Å². The van der Waals surface area contributed by atoms with Crippen LogP contribution in [-0.4, -0.2) is 60.9 Å². The van der Waals surface area contributed by atoms with Gasteiger partial charge in [0.15, 0.2) is 0 Å². The number of carbonyl (C=O) groups is 2. The predicted molar refractivity (Wildman–Crippen MR) is 89.9 cm³/mol. The summed E-state index contributed by atoms with van der Waals surface area (Å²) in [6, 6.07) is 0. The van der Waals surface area contributed by atoms with E-state index in [1.54, 1.807) is 0 Å². The van der Waals surface area contributed by atoms with E-state index in [9.17, 15) is 9.59 Å². The number of hydrogen-bond acceptors (Lipinski definition) is 3. The molecule has 1 N–H and O–H groups in total. The zero-order valence-electron chi connectivity index (χ0n) is 14.3. The Labute approximate surface area is 139 Å². The fourth-order valence-corrected chi connectivity index (χ4v) is 4.26. The van der Waals surface area contributed by atoms with E-state index in [0.717, 1.165) is 45.4 Å². The molecular weight excluding hydrogens is 290 g/mol. The minimum atomic E-state index is 0.147. The molecular formula is C18H31N3O2. The number of piperidine rings is 1. The maximum Gasteiger partial charge on any atom is 0.227 e.